The molecule has 2 heterocycles. The molecule has 0 saturated carbocycles. The highest BCUT2D eigenvalue weighted by Gasteiger charge is 2.18. The van der Waals surface area contributed by atoms with Gasteiger partial charge in [-0.1, -0.05) is 19.1 Å². The Balaban J connectivity index is 1.69. The van der Waals surface area contributed by atoms with E-state index >= 15 is 0 Å². The summed E-state index contributed by atoms with van der Waals surface area (Å²) < 4.78 is 0. The fraction of sp³-hybridized carbons (Fsp3) is 0.421. The molecule has 1 aromatic heterocycles. The molecule has 2 aromatic rings. The highest BCUT2D eigenvalue weighted by Crippen LogP contribution is 2.23. The molecule has 1 saturated heterocycles. The largest absolute Gasteiger partial charge is 0.341 e. The average molecular weight is 339 g/mol. The van der Waals surface area contributed by atoms with Gasteiger partial charge in [-0.3, -0.25) is 0 Å². The molecule has 1 fully saturated rings. The maximum absolute atomic E-state index is 12.3. The number of nitrogens with one attached hydrogen (secondary N) is 2. The van der Waals surface area contributed by atoms with Crippen LogP contribution in [0.3, 0.4) is 0 Å². The third-order valence-electron chi connectivity index (χ3n) is 4.51. The van der Waals surface area contributed by atoms with Crippen LogP contribution in [0.4, 0.5) is 22.1 Å². The maximum Gasteiger partial charge on any atom is 0.323 e. The predicted molar refractivity (Wildman–Crippen MR) is 101 cm³/mol. The SMILES string of the molecule is CCc1ccc(NC(=O)Nc2c(C)nc(N3CCCC3)nc2C)cc1. The smallest absolute Gasteiger partial charge is 0.323 e. The van der Waals surface area contributed by atoms with E-state index < -0.39 is 0 Å². The summed E-state index contributed by atoms with van der Waals surface area (Å²) in [4.78, 5) is 23.6. The van der Waals surface area contributed by atoms with Gasteiger partial charge in [0, 0.05) is 18.8 Å². The van der Waals surface area contributed by atoms with E-state index in [4.69, 9.17) is 0 Å². The van der Waals surface area contributed by atoms with Crippen molar-refractivity contribution in [2.75, 3.05) is 28.6 Å². The van der Waals surface area contributed by atoms with Gasteiger partial charge in [-0.05, 0) is 50.8 Å². The summed E-state index contributed by atoms with van der Waals surface area (Å²) in [5, 5.41) is 5.73. The number of amides is 2. The van der Waals surface area contributed by atoms with Crippen LogP contribution in [-0.2, 0) is 6.42 Å². The predicted octanol–water partition coefficient (Wildman–Crippen LogP) is 3.90. The Kier molecular flexibility index (Phi) is 5.16. The Labute approximate surface area is 148 Å². The zero-order chi connectivity index (χ0) is 17.8. The van der Waals surface area contributed by atoms with E-state index in [2.05, 4.69) is 32.4 Å². The third kappa shape index (κ3) is 4.07. The molecule has 1 aromatic carbocycles. The highest BCUT2D eigenvalue weighted by atomic mass is 16.2. The summed E-state index contributed by atoms with van der Waals surface area (Å²) in [6.07, 6.45) is 3.34. The number of anilines is 3. The van der Waals surface area contributed by atoms with Gasteiger partial charge in [0.15, 0.2) is 0 Å². The van der Waals surface area contributed by atoms with Crippen molar-refractivity contribution < 1.29 is 4.79 Å². The first-order valence-electron chi connectivity index (χ1n) is 8.84. The van der Waals surface area contributed by atoms with Crippen LogP contribution in [-0.4, -0.2) is 29.1 Å². The van der Waals surface area contributed by atoms with Gasteiger partial charge in [0.2, 0.25) is 5.95 Å². The second-order valence-corrected chi connectivity index (χ2v) is 6.39. The van der Waals surface area contributed by atoms with E-state index in [0.29, 0.717) is 5.69 Å². The van der Waals surface area contributed by atoms with Crippen molar-refractivity contribution in [3.05, 3.63) is 41.2 Å². The van der Waals surface area contributed by atoms with E-state index in [1.165, 1.54) is 18.4 Å². The zero-order valence-electron chi connectivity index (χ0n) is 15.1. The number of aromatic nitrogens is 2. The molecule has 6 nitrogen and oxygen atoms in total. The first-order valence-corrected chi connectivity index (χ1v) is 8.84. The molecule has 0 atom stereocenters. The Bertz CT molecular complexity index is 728. The summed E-state index contributed by atoms with van der Waals surface area (Å²) in [6.45, 7) is 7.91. The second kappa shape index (κ2) is 7.51. The van der Waals surface area contributed by atoms with E-state index in [1.54, 1.807) is 0 Å². The number of urea groups is 1. The van der Waals surface area contributed by atoms with Crippen LogP contribution >= 0.6 is 0 Å². The summed E-state index contributed by atoms with van der Waals surface area (Å²) >= 11 is 0. The van der Waals surface area contributed by atoms with E-state index in [9.17, 15) is 4.79 Å². The minimum absolute atomic E-state index is 0.284. The van der Waals surface area contributed by atoms with Crippen molar-refractivity contribution in [1.82, 2.24) is 9.97 Å². The van der Waals surface area contributed by atoms with Gasteiger partial charge in [-0.15, -0.1) is 0 Å². The molecule has 132 valence electrons. The lowest BCUT2D eigenvalue weighted by Gasteiger charge is -2.18. The molecule has 0 unspecified atom stereocenters. The molecule has 6 heteroatoms. The Morgan fingerprint density at radius 2 is 1.64 bits per heavy atom. The van der Waals surface area contributed by atoms with Crippen molar-refractivity contribution in [3.8, 4) is 0 Å². The maximum atomic E-state index is 12.3. The molecule has 1 aliphatic rings. The number of carbonyl (C=O) groups excluding carboxylic acids is 1. The number of benzene rings is 1. The lowest BCUT2D eigenvalue weighted by atomic mass is 10.1. The van der Waals surface area contributed by atoms with Crippen LogP contribution in [0.1, 0.15) is 36.7 Å². The van der Waals surface area contributed by atoms with Crippen LogP contribution < -0.4 is 15.5 Å². The van der Waals surface area contributed by atoms with Gasteiger partial charge in [0.25, 0.3) is 0 Å². The standard InChI is InChI=1S/C19H25N5O/c1-4-15-7-9-16(10-8-15)22-19(25)23-17-13(2)20-18(21-14(17)3)24-11-5-6-12-24/h7-10H,4-6,11-12H2,1-3H3,(H2,22,23,25). The Hall–Kier alpha value is -2.63. The van der Waals surface area contributed by atoms with Crippen LogP contribution in [0.15, 0.2) is 24.3 Å². The normalized spacial score (nSPS) is 13.8. The van der Waals surface area contributed by atoms with Crippen molar-refractivity contribution in [2.45, 2.75) is 40.0 Å². The number of rotatable bonds is 4. The molecular weight excluding hydrogens is 314 g/mol. The lowest BCUT2D eigenvalue weighted by molar-refractivity contribution is 0.262. The average Bonchev–Trinajstić information content (AvgIpc) is 3.13. The van der Waals surface area contributed by atoms with Gasteiger partial charge in [-0.25, -0.2) is 14.8 Å². The second-order valence-electron chi connectivity index (χ2n) is 6.39. The monoisotopic (exact) mass is 339 g/mol. The number of hydrogen-bond donors (Lipinski definition) is 2. The Morgan fingerprint density at radius 1 is 1.04 bits per heavy atom. The molecule has 25 heavy (non-hydrogen) atoms. The molecular formula is C19H25N5O. The summed E-state index contributed by atoms with van der Waals surface area (Å²) in [6, 6.07) is 7.56. The van der Waals surface area contributed by atoms with E-state index in [0.717, 1.165) is 42.5 Å². The molecule has 2 amide bonds. The van der Waals surface area contributed by atoms with Gasteiger partial charge in [0.1, 0.15) is 0 Å². The molecule has 0 aliphatic carbocycles. The van der Waals surface area contributed by atoms with Gasteiger partial charge in [0.05, 0.1) is 17.1 Å². The fourth-order valence-corrected chi connectivity index (χ4v) is 3.04. The molecule has 2 N–H and O–H groups in total. The summed E-state index contributed by atoms with van der Waals surface area (Å²) in [7, 11) is 0. The first kappa shape index (κ1) is 17.2. The van der Waals surface area contributed by atoms with Crippen molar-refractivity contribution in [1.29, 1.82) is 0 Å². The fourth-order valence-electron chi connectivity index (χ4n) is 3.04. The quantitative estimate of drug-likeness (QED) is 0.886. The molecule has 0 spiro atoms. The number of aryl methyl sites for hydroxylation is 3. The van der Waals surface area contributed by atoms with Crippen LogP contribution in [0, 0.1) is 13.8 Å². The van der Waals surface area contributed by atoms with E-state index in [-0.39, 0.29) is 6.03 Å². The van der Waals surface area contributed by atoms with Gasteiger partial charge >= 0.3 is 6.03 Å². The number of nitrogens with zero attached hydrogens (tertiary/aromatic N) is 3. The molecule has 0 bridgehead atoms. The van der Waals surface area contributed by atoms with Crippen LogP contribution in [0.2, 0.25) is 0 Å². The molecule has 0 radical (unpaired) electrons. The summed E-state index contributed by atoms with van der Waals surface area (Å²) in [5.74, 6) is 0.758. The topological polar surface area (TPSA) is 70.2 Å². The third-order valence-corrected chi connectivity index (χ3v) is 4.51. The number of carbonyl (C=O) groups is 1. The molecule has 3 rings (SSSR count). The van der Waals surface area contributed by atoms with E-state index in [1.807, 2.05) is 38.1 Å². The zero-order valence-corrected chi connectivity index (χ0v) is 15.1. The minimum Gasteiger partial charge on any atom is -0.341 e. The van der Waals surface area contributed by atoms with Crippen molar-refractivity contribution in [3.63, 3.8) is 0 Å². The van der Waals surface area contributed by atoms with Gasteiger partial charge < -0.3 is 15.5 Å². The van der Waals surface area contributed by atoms with Crippen LogP contribution in [0.25, 0.3) is 0 Å². The first-order chi connectivity index (χ1) is 12.1. The van der Waals surface area contributed by atoms with Crippen molar-refractivity contribution in [2.24, 2.45) is 0 Å². The lowest BCUT2D eigenvalue weighted by Crippen LogP contribution is -2.24. The van der Waals surface area contributed by atoms with Crippen molar-refractivity contribution >= 4 is 23.4 Å². The molecule has 1 aliphatic heterocycles. The minimum atomic E-state index is -0.284. The van der Waals surface area contributed by atoms with Crippen LogP contribution in [0.5, 0.6) is 0 Å². The summed E-state index contributed by atoms with van der Waals surface area (Å²) in [5.41, 5.74) is 4.24. The highest BCUT2D eigenvalue weighted by molar-refractivity contribution is 6.00. The number of hydrogen-bond acceptors (Lipinski definition) is 4. The Morgan fingerprint density at radius 3 is 2.20 bits per heavy atom. The van der Waals surface area contributed by atoms with Gasteiger partial charge in [-0.2, -0.15) is 0 Å².